The molecular weight excluding hydrogens is 342 g/mol. The highest BCUT2D eigenvalue weighted by Gasteiger charge is 2.09. The molecule has 0 bridgehead atoms. The van der Waals surface area contributed by atoms with Gasteiger partial charge in [-0.05, 0) is 45.8 Å². The number of halogens is 3. The average molecular weight is 353 g/mol. The zero-order valence-corrected chi connectivity index (χ0v) is 12.3. The molecule has 1 amide bonds. The van der Waals surface area contributed by atoms with Crippen LogP contribution in [0.4, 0.5) is 20.2 Å². The van der Waals surface area contributed by atoms with E-state index in [-0.39, 0.29) is 10.2 Å². The first kappa shape index (κ1) is 15.2. The predicted molar refractivity (Wildman–Crippen MR) is 82.6 cm³/mol. The highest BCUT2D eigenvalue weighted by atomic mass is 79.9. The van der Waals surface area contributed by atoms with Crippen molar-refractivity contribution in [3.63, 3.8) is 0 Å². The van der Waals surface area contributed by atoms with Gasteiger partial charge in [0.15, 0.2) is 0 Å². The van der Waals surface area contributed by atoms with Crippen molar-refractivity contribution in [2.45, 2.75) is 0 Å². The molecule has 2 aromatic rings. The zero-order chi connectivity index (χ0) is 15.4. The summed E-state index contributed by atoms with van der Waals surface area (Å²) in [5, 5.41) is 2.34. The van der Waals surface area contributed by atoms with Gasteiger partial charge in [0.2, 0.25) is 5.91 Å². The summed E-state index contributed by atoms with van der Waals surface area (Å²) < 4.78 is 26.6. The first-order valence-electron chi connectivity index (χ1n) is 5.95. The van der Waals surface area contributed by atoms with Crippen LogP contribution in [0.2, 0.25) is 0 Å². The Labute approximate surface area is 128 Å². The minimum atomic E-state index is -0.843. The number of benzene rings is 2. The Hall–Kier alpha value is -2.21. The third kappa shape index (κ3) is 4.13. The molecule has 0 saturated heterocycles. The van der Waals surface area contributed by atoms with E-state index in [9.17, 15) is 13.6 Å². The number of amides is 1. The standard InChI is InChI=1S/C15H11BrF2N2O/c16-11-7-14(13(18)8-12(11)17)20-15(21)6-3-9-1-4-10(19)5-2-9/h1-8H,19H2,(H,20,21)/b6-3+. The van der Waals surface area contributed by atoms with E-state index < -0.39 is 17.5 Å². The summed E-state index contributed by atoms with van der Waals surface area (Å²) in [6, 6.07) is 8.76. The fourth-order valence-electron chi connectivity index (χ4n) is 1.57. The summed E-state index contributed by atoms with van der Waals surface area (Å²) in [5.74, 6) is -2.10. The second kappa shape index (κ2) is 6.49. The topological polar surface area (TPSA) is 55.1 Å². The second-order valence-electron chi connectivity index (χ2n) is 4.24. The molecule has 0 radical (unpaired) electrons. The molecule has 0 fully saturated rings. The number of hydrogen-bond donors (Lipinski definition) is 2. The molecule has 0 aliphatic rings. The Kier molecular flexibility index (Phi) is 4.70. The van der Waals surface area contributed by atoms with Gasteiger partial charge >= 0.3 is 0 Å². The first-order valence-corrected chi connectivity index (χ1v) is 6.74. The maximum atomic E-state index is 13.5. The average Bonchev–Trinajstić information content (AvgIpc) is 2.44. The number of nitrogens with two attached hydrogens (primary N) is 1. The van der Waals surface area contributed by atoms with Gasteiger partial charge in [-0.1, -0.05) is 12.1 Å². The lowest BCUT2D eigenvalue weighted by Crippen LogP contribution is -2.09. The van der Waals surface area contributed by atoms with Gasteiger partial charge in [-0.25, -0.2) is 8.78 Å². The van der Waals surface area contributed by atoms with E-state index in [2.05, 4.69) is 21.2 Å². The molecule has 0 aromatic heterocycles. The van der Waals surface area contributed by atoms with Crippen LogP contribution < -0.4 is 11.1 Å². The summed E-state index contributed by atoms with van der Waals surface area (Å²) in [6.07, 6.45) is 2.81. The van der Waals surface area contributed by atoms with E-state index in [4.69, 9.17) is 5.73 Å². The van der Waals surface area contributed by atoms with Gasteiger partial charge in [-0.15, -0.1) is 0 Å². The lowest BCUT2D eigenvalue weighted by atomic mass is 10.2. The van der Waals surface area contributed by atoms with Crippen LogP contribution in [0.3, 0.4) is 0 Å². The van der Waals surface area contributed by atoms with Crippen molar-refractivity contribution < 1.29 is 13.6 Å². The molecule has 0 aliphatic carbocycles. The van der Waals surface area contributed by atoms with Gasteiger partial charge in [0.25, 0.3) is 0 Å². The molecule has 21 heavy (non-hydrogen) atoms. The maximum Gasteiger partial charge on any atom is 0.248 e. The monoisotopic (exact) mass is 352 g/mol. The minimum absolute atomic E-state index is 0.0710. The summed E-state index contributed by atoms with van der Waals surface area (Å²) in [6.45, 7) is 0. The number of nitrogen functional groups attached to an aromatic ring is 1. The van der Waals surface area contributed by atoms with Gasteiger partial charge in [0.05, 0.1) is 10.2 Å². The Morgan fingerprint density at radius 1 is 1.14 bits per heavy atom. The molecule has 0 spiro atoms. The van der Waals surface area contributed by atoms with Gasteiger partial charge in [-0.2, -0.15) is 0 Å². The lowest BCUT2D eigenvalue weighted by Gasteiger charge is -2.05. The minimum Gasteiger partial charge on any atom is -0.399 e. The van der Waals surface area contributed by atoms with Crippen molar-refractivity contribution >= 4 is 39.3 Å². The van der Waals surface area contributed by atoms with Crippen molar-refractivity contribution in [1.29, 1.82) is 0 Å². The Morgan fingerprint density at radius 3 is 2.48 bits per heavy atom. The second-order valence-corrected chi connectivity index (χ2v) is 5.09. The molecule has 0 aliphatic heterocycles. The van der Waals surface area contributed by atoms with Crippen LogP contribution in [-0.4, -0.2) is 5.91 Å². The summed E-state index contributed by atoms with van der Waals surface area (Å²) in [4.78, 5) is 11.7. The molecule has 2 rings (SSSR count). The van der Waals surface area contributed by atoms with Crippen LogP contribution in [-0.2, 0) is 4.79 Å². The Balaban J connectivity index is 2.08. The van der Waals surface area contributed by atoms with E-state index in [0.717, 1.165) is 5.56 Å². The number of nitrogens with one attached hydrogen (secondary N) is 1. The van der Waals surface area contributed by atoms with E-state index in [1.165, 1.54) is 12.1 Å². The third-order valence-electron chi connectivity index (χ3n) is 2.63. The summed E-state index contributed by atoms with van der Waals surface area (Å²) in [5.41, 5.74) is 6.84. The van der Waals surface area contributed by atoms with E-state index in [0.29, 0.717) is 11.8 Å². The fraction of sp³-hybridized carbons (Fsp3) is 0. The molecule has 0 atom stereocenters. The van der Waals surface area contributed by atoms with Crippen LogP contribution in [0.5, 0.6) is 0 Å². The van der Waals surface area contributed by atoms with Gasteiger partial charge < -0.3 is 11.1 Å². The fourth-order valence-corrected chi connectivity index (χ4v) is 1.92. The van der Waals surface area contributed by atoms with E-state index in [1.54, 1.807) is 30.3 Å². The molecule has 3 nitrogen and oxygen atoms in total. The number of hydrogen-bond acceptors (Lipinski definition) is 2. The van der Waals surface area contributed by atoms with Crippen LogP contribution in [0.25, 0.3) is 6.08 Å². The number of carbonyl (C=O) groups is 1. The van der Waals surface area contributed by atoms with E-state index in [1.807, 2.05) is 0 Å². The zero-order valence-electron chi connectivity index (χ0n) is 10.7. The number of carbonyl (C=O) groups excluding carboxylic acids is 1. The highest BCUT2D eigenvalue weighted by molar-refractivity contribution is 9.10. The molecule has 3 N–H and O–H groups in total. The van der Waals surface area contributed by atoms with E-state index >= 15 is 0 Å². The van der Waals surface area contributed by atoms with Gasteiger partial charge in [0, 0.05) is 17.8 Å². The van der Waals surface area contributed by atoms with Crippen LogP contribution >= 0.6 is 15.9 Å². The molecular formula is C15H11BrF2N2O. The molecule has 108 valence electrons. The largest absolute Gasteiger partial charge is 0.399 e. The number of anilines is 2. The molecule has 6 heteroatoms. The number of rotatable bonds is 3. The Morgan fingerprint density at radius 2 is 1.81 bits per heavy atom. The molecule has 2 aromatic carbocycles. The Bertz CT molecular complexity index is 700. The lowest BCUT2D eigenvalue weighted by molar-refractivity contribution is -0.111. The maximum absolute atomic E-state index is 13.5. The molecule has 0 saturated carbocycles. The summed E-state index contributed by atoms with van der Waals surface area (Å²) >= 11 is 2.93. The third-order valence-corrected chi connectivity index (χ3v) is 3.24. The van der Waals surface area contributed by atoms with Gasteiger partial charge in [0.1, 0.15) is 11.6 Å². The van der Waals surface area contributed by atoms with Crippen molar-refractivity contribution in [2.24, 2.45) is 0 Å². The van der Waals surface area contributed by atoms with Crippen molar-refractivity contribution in [3.8, 4) is 0 Å². The van der Waals surface area contributed by atoms with Crippen molar-refractivity contribution in [2.75, 3.05) is 11.1 Å². The van der Waals surface area contributed by atoms with Crippen LogP contribution in [0.1, 0.15) is 5.56 Å². The quantitative estimate of drug-likeness (QED) is 0.499. The highest BCUT2D eigenvalue weighted by Crippen LogP contribution is 2.23. The predicted octanol–water partition coefficient (Wildman–Crippen LogP) is 3.96. The smallest absolute Gasteiger partial charge is 0.248 e. The first-order chi connectivity index (χ1) is 9.95. The SMILES string of the molecule is Nc1ccc(/C=C/C(=O)Nc2cc(Br)c(F)cc2F)cc1. The normalized spacial score (nSPS) is 10.8. The van der Waals surface area contributed by atoms with Crippen LogP contribution in [0, 0.1) is 11.6 Å². The molecule has 0 unspecified atom stereocenters. The van der Waals surface area contributed by atoms with Crippen molar-refractivity contribution in [3.05, 3.63) is 64.1 Å². The van der Waals surface area contributed by atoms with Crippen LogP contribution in [0.15, 0.2) is 46.9 Å². The van der Waals surface area contributed by atoms with Gasteiger partial charge in [-0.3, -0.25) is 4.79 Å². The van der Waals surface area contributed by atoms with Crippen molar-refractivity contribution in [1.82, 2.24) is 0 Å². The summed E-state index contributed by atoms with van der Waals surface area (Å²) in [7, 11) is 0. The molecule has 0 heterocycles.